The van der Waals surface area contributed by atoms with E-state index in [1.165, 1.54) is 0 Å². The highest BCUT2D eigenvalue weighted by atomic mass is 16.5. The van der Waals surface area contributed by atoms with Gasteiger partial charge in [0.25, 0.3) is 0 Å². The molecule has 2 heterocycles. The lowest BCUT2D eigenvalue weighted by atomic mass is 9.63. The number of fused-ring (bicyclic) bond motifs is 2. The number of rotatable bonds is 5. The number of hydrogen-bond acceptors (Lipinski definition) is 4. The van der Waals surface area contributed by atoms with Crippen molar-refractivity contribution in [3.8, 4) is 45.7 Å². The van der Waals surface area contributed by atoms with Gasteiger partial charge in [-0.3, -0.25) is 0 Å². The molecule has 4 nitrogen and oxygen atoms in total. The van der Waals surface area contributed by atoms with Crippen molar-refractivity contribution in [3.05, 3.63) is 186 Å². The first-order valence-electron chi connectivity index (χ1n) is 14.7. The van der Waals surface area contributed by atoms with E-state index in [4.69, 9.17) is 19.7 Å². The van der Waals surface area contributed by atoms with Crippen LogP contribution in [-0.4, -0.2) is 15.0 Å². The van der Waals surface area contributed by atoms with E-state index in [1.807, 2.05) is 78.9 Å². The lowest BCUT2D eigenvalue weighted by molar-refractivity contribution is 0.436. The third kappa shape index (κ3) is 4.19. The fourth-order valence-corrected chi connectivity index (χ4v) is 6.33. The summed E-state index contributed by atoms with van der Waals surface area (Å²) >= 11 is 0. The molecule has 0 atom stereocenters. The van der Waals surface area contributed by atoms with E-state index in [-0.39, 0.29) is 0 Å². The maximum atomic E-state index is 6.85. The molecule has 0 amide bonds. The molecular formula is C40H27N3O. The molecule has 0 unspecified atom stereocenters. The minimum atomic E-state index is -0.625. The Morgan fingerprint density at radius 3 is 1.41 bits per heavy atom. The zero-order valence-corrected chi connectivity index (χ0v) is 23.8. The molecule has 8 rings (SSSR count). The van der Waals surface area contributed by atoms with Gasteiger partial charge in [-0.05, 0) is 23.3 Å². The van der Waals surface area contributed by atoms with E-state index in [1.54, 1.807) is 0 Å². The molecule has 0 saturated carbocycles. The number of hydrogen-bond donors (Lipinski definition) is 0. The van der Waals surface area contributed by atoms with Crippen molar-refractivity contribution in [2.45, 2.75) is 5.41 Å². The number of nitrogens with zero attached hydrogens (tertiary/aromatic N) is 3. The van der Waals surface area contributed by atoms with Gasteiger partial charge < -0.3 is 4.74 Å². The Labute approximate surface area is 256 Å². The summed E-state index contributed by atoms with van der Waals surface area (Å²) in [6.07, 6.45) is 0. The molecule has 1 aliphatic heterocycles. The molecule has 6 aromatic carbocycles. The van der Waals surface area contributed by atoms with E-state index in [9.17, 15) is 0 Å². The number of aromatic nitrogens is 3. The highest BCUT2D eigenvalue weighted by Gasteiger charge is 2.46. The average molecular weight is 566 g/mol. The van der Waals surface area contributed by atoms with Crippen molar-refractivity contribution >= 4 is 0 Å². The monoisotopic (exact) mass is 565 g/mol. The summed E-state index contributed by atoms with van der Waals surface area (Å²) in [5.41, 5.74) is 6.48. The predicted octanol–water partition coefficient (Wildman–Crippen LogP) is 9.36. The maximum Gasteiger partial charge on any atom is 0.167 e. The standard InChI is InChI=1S/C40H27N3O/c1-5-16-28(17-6-1)37-41-38(29-18-7-2-8-19-29)43-39(42-37)32-24-15-26-34-36(32)44-35-27-14-13-25-33(35)40(34,30-20-9-3-10-21-30)31-22-11-4-12-23-31/h1-27H. The molecule has 0 bridgehead atoms. The topological polar surface area (TPSA) is 47.9 Å². The van der Waals surface area contributed by atoms with Gasteiger partial charge in [-0.1, -0.05) is 152 Å². The Balaban J connectivity index is 1.44. The van der Waals surface area contributed by atoms with E-state index >= 15 is 0 Å². The lowest BCUT2D eigenvalue weighted by Crippen LogP contribution is -2.34. The summed E-state index contributed by atoms with van der Waals surface area (Å²) in [6, 6.07) is 56.1. The highest BCUT2D eigenvalue weighted by molar-refractivity contribution is 5.78. The molecule has 0 radical (unpaired) electrons. The lowest BCUT2D eigenvalue weighted by Gasteiger charge is -2.42. The molecule has 4 heteroatoms. The zero-order valence-electron chi connectivity index (χ0n) is 23.8. The molecular weight excluding hydrogens is 538 g/mol. The van der Waals surface area contributed by atoms with Crippen molar-refractivity contribution in [2.24, 2.45) is 0 Å². The van der Waals surface area contributed by atoms with Crippen molar-refractivity contribution in [2.75, 3.05) is 0 Å². The first-order valence-corrected chi connectivity index (χ1v) is 14.7. The maximum absolute atomic E-state index is 6.85. The largest absolute Gasteiger partial charge is 0.456 e. The van der Waals surface area contributed by atoms with Gasteiger partial charge in [-0.25, -0.2) is 15.0 Å². The van der Waals surface area contributed by atoms with Crippen LogP contribution in [0.2, 0.25) is 0 Å². The summed E-state index contributed by atoms with van der Waals surface area (Å²) in [7, 11) is 0. The highest BCUT2D eigenvalue weighted by Crippen LogP contribution is 2.57. The van der Waals surface area contributed by atoms with Gasteiger partial charge in [-0.2, -0.15) is 0 Å². The van der Waals surface area contributed by atoms with E-state index in [0.29, 0.717) is 17.5 Å². The van der Waals surface area contributed by atoms with E-state index in [0.717, 1.165) is 50.4 Å². The molecule has 208 valence electrons. The SMILES string of the molecule is c1ccc(-c2nc(-c3ccccc3)nc(-c3cccc4c3Oc3ccccc3C4(c3ccccc3)c3ccccc3)n2)cc1. The molecule has 0 spiro atoms. The first-order chi connectivity index (χ1) is 21.8. The van der Waals surface area contributed by atoms with Gasteiger partial charge in [0.1, 0.15) is 11.5 Å². The van der Waals surface area contributed by atoms with Gasteiger partial charge in [0.15, 0.2) is 17.5 Å². The molecule has 1 aromatic heterocycles. The van der Waals surface area contributed by atoms with Crippen molar-refractivity contribution in [1.82, 2.24) is 15.0 Å². The van der Waals surface area contributed by atoms with Crippen LogP contribution in [0.15, 0.2) is 164 Å². The van der Waals surface area contributed by atoms with Crippen molar-refractivity contribution in [3.63, 3.8) is 0 Å². The summed E-state index contributed by atoms with van der Waals surface area (Å²) < 4.78 is 6.85. The van der Waals surface area contributed by atoms with Crippen LogP contribution in [0.3, 0.4) is 0 Å². The minimum absolute atomic E-state index is 0.559. The second-order valence-electron chi connectivity index (χ2n) is 10.8. The zero-order chi connectivity index (χ0) is 29.3. The predicted molar refractivity (Wildman–Crippen MR) is 175 cm³/mol. The Bertz CT molecular complexity index is 1980. The van der Waals surface area contributed by atoms with Crippen LogP contribution in [0.25, 0.3) is 34.2 Å². The first kappa shape index (κ1) is 25.8. The summed E-state index contributed by atoms with van der Waals surface area (Å²) in [4.78, 5) is 15.0. The van der Waals surface area contributed by atoms with Crippen molar-refractivity contribution < 1.29 is 4.74 Å². The Morgan fingerprint density at radius 2 is 0.841 bits per heavy atom. The van der Waals surface area contributed by atoms with Gasteiger partial charge >= 0.3 is 0 Å². The summed E-state index contributed by atoms with van der Waals surface area (Å²) in [5.74, 6) is 3.33. The molecule has 0 N–H and O–H groups in total. The van der Waals surface area contributed by atoms with Gasteiger partial charge in [-0.15, -0.1) is 0 Å². The van der Waals surface area contributed by atoms with Crippen LogP contribution >= 0.6 is 0 Å². The van der Waals surface area contributed by atoms with Crippen LogP contribution in [0.1, 0.15) is 22.3 Å². The Morgan fingerprint density at radius 1 is 0.386 bits per heavy atom. The fraction of sp³-hybridized carbons (Fsp3) is 0.0250. The van der Waals surface area contributed by atoms with E-state index < -0.39 is 5.41 Å². The second kappa shape index (κ2) is 10.8. The molecule has 0 saturated heterocycles. The van der Waals surface area contributed by atoms with Gasteiger partial charge in [0.05, 0.1) is 11.0 Å². The summed E-state index contributed by atoms with van der Waals surface area (Å²) in [6.45, 7) is 0. The molecule has 0 aliphatic carbocycles. The Kier molecular flexibility index (Phi) is 6.31. The number of ether oxygens (including phenoxy) is 1. The number of benzene rings is 6. The third-order valence-corrected chi connectivity index (χ3v) is 8.28. The smallest absolute Gasteiger partial charge is 0.167 e. The molecule has 0 fully saturated rings. The van der Waals surface area contributed by atoms with Crippen LogP contribution < -0.4 is 4.74 Å². The quantitative estimate of drug-likeness (QED) is 0.209. The van der Waals surface area contributed by atoms with Gasteiger partial charge in [0.2, 0.25) is 0 Å². The molecule has 1 aliphatic rings. The minimum Gasteiger partial charge on any atom is -0.456 e. The average Bonchev–Trinajstić information content (AvgIpc) is 3.11. The normalized spacial score (nSPS) is 12.9. The van der Waals surface area contributed by atoms with E-state index in [2.05, 4.69) is 84.9 Å². The van der Waals surface area contributed by atoms with Crippen LogP contribution in [0.5, 0.6) is 11.5 Å². The Hall–Kier alpha value is -5.87. The number of para-hydroxylation sites is 2. The van der Waals surface area contributed by atoms with Crippen LogP contribution in [0, 0.1) is 0 Å². The van der Waals surface area contributed by atoms with Crippen LogP contribution in [0.4, 0.5) is 0 Å². The second-order valence-corrected chi connectivity index (χ2v) is 10.8. The third-order valence-electron chi connectivity index (χ3n) is 8.28. The summed E-state index contributed by atoms with van der Waals surface area (Å²) in [5, 5.41) is 0. The van der Waals surface area contributed by atoms with Gasteiger partial charge in [0, 0.05) is 22.3 Å². The molecule has 44 heavy (non-hydrogen) atoms. The van der Waals surface area contributed by atoms with Crippen molar-refractivity contribution in [1.29, 1.82) is 0 Å². The van der Waals surface area contributed by atoms with Crippen LogP contribution in [-0.2, 0) is 5.41 Å². The molecule has 7 aromatic rings. The fourth-order valence-electron chi connectivity index (χ4n) is 6.33.